The molecule has 134 valence electrons. The molecular formula is C20H21N3O3. The molecule has 0 radical (unpaired) electrons. The first-order chi connectivity index (χ1) is 12.5. The summed E-state index contributed by atoms with van der Waals surface area (Å²) in [6, 6.07) is 12.7. The van der Waals surface area contributed by atoms with Crippen molar-refractivity contribution in [3.63, 3.8) is 0 Å². The quantitative estimate of drug-likeness (QED) is 0.649. The Morgan fingerprint density at radius 1 is 1.04 bits per heavy atom. The van der Waals surface area contributed by atoms with Crippen molar-refractivity contribution in [1.82, 2.24) is 4.98 Å². The van der Waals surface area contributed by atoms with Crippen LogP contribution in [0.15, 0.2) is 48.7 Å². The van der Waals surface area contributed by atoms with Crippen LogP contribution in [0, 0.1) is 5.92 Å². The van der Waals surface area contributed by atoms with E-state index < -0.39 is 0 Å². The number of anilines is 2. The summed E-state index contributed by atoms with van der Waals surface area (Å²) in [6.07, 6.45) is 1.68. The maximum Gasteiger partial charge on any atom is 0.257 e. The van der Waals surface area contributed by atoms with Crippen LogP contribution in [0.5, 0.6) is 5.75 Å². The zero-order chi connectivity index (χ0) is 18.7. The minimum atomic E-state index is -0.257. The number of benzene rings is 2. The molecule has 0 bridgehead atoms. The summed E-state index contributed by atoms with van der Waals surface area (Å²) in [5.74, 6) is 0.0148. The Labute approximate surface area is 151 Å². The number of carbonyl (C=O) groups excluding carboxylic acids is 2. The summed E-state index contributed by atoms with van der Waals surface area (Å²) in [5.41, 5.74) is 2.43. The molecule has 2 amide bonds. The van der Waals surface area contributed by atoms with Crippen LogP contribution in [0.25, 0.3) is 10.9 Å². The summed E-state index contributed by atoms with van der Waals surface area (Å²) < 4.78 is 5.22. The maximum atomic E-state index is 12.7. The molecule has 0 unspecified atom stereocenters. The van der Waals surface area contributed by atoms with Gasteiger partial charge < -0.3 is 20.4 Å². The van der Waals surface area contributed by atoms with E-state index >= 15 is 0 Å². The van der Waals surface area contributed by atoms with Crippen LogP contribution in [0.4, 0.5) is 11.4 Å². The molecule has 26 heavy (non-hydrogen) atoms. The van der Waals surface area contributed by atoms with E-state index in [-0.39, 0.29) is 17.7 Å². The third kappa shape index (κ3) is 3.54. The van der Waals surface area contributed by atoms with Gasteiger partial charge in [-0.25, -0.2) is 0 Å². The Morgan fingerprint density at radius 3 is 2.54 bits per heavy atom. The maximum absolute atomic E-state index is 12.7. The van der Waals surface area contributed by atoms with Gasteiger partial charge in [0.2, 0.25) is 5.91 Å². The monoisotopic (exact) mass is 351 g/mol. The van der Waals surface area contributed by atoms with Crippen LogP contribution < -0.4 is 15.4 Å². The molecule has 0 aliphatic rings. The van der Waals surface area contributed by atoms with Gasteiger partial charge in [0.1, 0.15) is 5.75 Å². The molecule has 3 aromatic rings. The van der Waals surface area contributed by atoms with Crippen molar-refractivity contribution in [3.8, 4) is 5.75 Å². The average Bonchev–Trinajstić information content (AvgIpc) is 3.07. The lowest BCUT2D eigenvalue weighted by molar-refractivity contribution is -0.118. The number of amides is 2. The first-order valence-electron chi connectivity index (χ1n) is 8.36. The van der Waals surface area contributed by atoms with Crippen molar-refractivity contribution >= 4 is 34.1 Å². The van der Waals surface area contributed by atoms with Crippen molar-refractivity contribution < 1.29 is 14.3 Å². The number of carbonyl (C=O) groups is 2. The Bertz CT molecular complexity index is 960. The predicted molar refractivity (Wildman–Crippen MR) is 103 cm³/mol. The summed E-state index contributed by atoms with van der Waals surface area (Å²) in [6.45, 7) is 3.61. The number of aromatic amines is 1. The molecule has 0 fully saturated rings. The number of H-pyrrole nitrogens is 1. The van der Waals surface area contributed by atoms with Gasteiger partial charge in [-0.05, 0) is 18.2 Å². The van der Waals surface area contributed by atoms with Gasteiger partial charge in [-0.3, -0.25) is 9.59 Å². The van der Waals surface area contributed by atoms with Crippen molar-refractivity contribution in [3.05, 3.63) is 54.2 Å². The molecule has 0 saturated heterocycles. The van der Waals surface area contributed by atoms with Crippen LogP contribution >= 0.6 is 0 Å². The lowest BCUT2D eigenvalue weighted by Crippen LogP contribution is -2.20. The second-order valence-electron chi connectivity index (χ2n) is 6.26. The third-order valence-corrected chi connectivity index (χ3v) is 4.09. The highest BCUT2D eigenvalue weighted by Crippen LogP contribution is 2.29. The summed E-state index contributed by atoms with van der Waals surface area (Å²) in [4.78, 5) is 27.9. The lowest BCUT2D eigenvalue weighted by Gasteiger charge is -2.15. The topological polar surface area (TPSA) is 83.2 Å². The van der Waals surface area contributed by atoms with Crippen molar-refractivity contribution in [2.24, 2.45) is 5.92 Å². The first-order valence-corrected chi connectivity index (χ1v) is 8.36. The molecule has 1 aromatic heterocycles. The summed E-state index contributed by atoms with van der Waals surface area (Å²) >= 11 is 0. The number of hydrogen-bond donors (Lipinski definition) is 3. The van der Waals surface area contributed by atoms with E-state index in [4.69, 9.17) is 4.74 Å². The lowest BCUT2D eigenvalue weighted by atomic mass is 10.1. The average molecular weight is 351 g/mol. The van der Waals surface area contributed by atoms with Gasteiger partial charge in [0.15, 0.2) is 0 Å². The highest BCUT2D eigenvalue weighted by atomic mass is 16.5. The molecule has 3 N–H and O–H groups in total. The number of rotatable bonds is 5. The fourth-order valence-corrected chi connectivity index (χ4v) is 2.59. The molecule has 0 saturated carbocycles. The number of para-hydroxylation sites is 1. The number of nitrogens with one attached hydrogen (secondary N) is 3. The van der Waals surface area contributed by atoms with Crippen LogP contribution in [0.3, 0.4) is 0 Å². The fraction of sp³-hybridized carbons (Fsp3) is 0.200. The Balaban J connectivity index is 1.91. The van der Waals surface area contributed by atoms with E-state index in [0.29, 0.717) is 22.7 Å². The van der Waals surface area contributed by atoms with Gasteiger partial charge in [-0.1, -0.05) is 32.0 Å². The van der Waals surface area contributed by atoms with Crippen LogP contribution in [-0.2, 0) is 4.79 Å². The van der Waals surface area contributed by atoms with Crippen molar-refractivity contribution in [1.29, 1.82) is 0 Å². The highest BCUT2D eigenvalue weighted by molar-refractivity contribution is 6.14. The van der Waals surface area contributed by atoms with Gasteiger partial charge in [-0.2, -0.15) is 0 Å². The molecule has 1 heterocycles. The minimum absolute atomic E-state index is 0.138. The number of ether oxygens (including phenoxy) is 1. The van der Waals surface area contributed by atoms with Gasteiger partial charge >= 0.3 is 0 Å². The standard InChI is InChI=1S/C20H21N3O3/c1-12(2)19(24)23-18-10-13(26-3)8-9-17(18)22-20(25)15-11-21-16-7-5-4-6-14(15)16/h4-12,21H,1-3H3,(H,22,25)(H,23,24). The van der Waals surface area contributed by atoms with Crippen LogP contribution in [-0.4, -0.2) is 23.9 Å². The van der Waals surface area contributed by atoms with E-state index in [0.717, 1.165) is 10.9 Å². The number of hydrogen-bond acceptors (Lipinski definition) is 3. The highest BCUT2D eigenvalue weighted by Gasteiger charge is 2.16. The van der Waals surface area contributed by atoms with E-state index in [2.05, 4.69) is 15.6 Å². The number of aromatic nitrogens is 1. The largest absolute Gasteiger partial charge is 0.497 e. The molecule has 6 nitrogen and oxygen atoms in total. The van der Waals surface area contributed by atoms with E-state index in [1.807, 2.05) is 24.3 Å². The molecule has 3 rings (SSSR count). The molecule has 0 aliphatic heterocycles. The summed E-state index contributed by atoms with van der Waals surface area (Å²) in [7, 11) is 1.55. The van der Waals surface area contributed by atoms with Gasteiger partial charge in [-0.15, -0.1) is 0 Å². The summed E-state index contributed by atoms with van der Waals surface area (Å²) in [5, 5.41) is 6.54. The van der Waals surface area contributed by atoms with Gasteiger partial charge in [0.05, 0.1) is 24.0 Å². The van der Waals surface area contributed by atoms with Crippen molar-refractivity contribution in [2.45, 2.75) is 13.8 Å². The molecular weight excluding hydrogens is 330 g/mol. The molecule has 2 aromatic carbocycles. The Kier molecular flexibility index (Phi) is 4.93. The van der Waals surface area contributed by atoms with Gasteiger partial charge in [0, 0.05) is 29.1 Å². The van der Waals surface area contributed by atoms with E-state index in [1.165, 1.54) is 0 Å². The molecule has 0 spiro atoms. The molecule has 0 atom stereocenters. The third-order valence-electron chi connectivity index (χ3n) is 4.09. The molecule has 0 aliphatic carbocycles. The second-order valence-corrected chi connectivity index (χ2v) is 6.26. The minimum Gasteiger partial charge on any atom is -0.497 e. The molecule has 6 heteroatoms. The fourth-order valence-electron chi connectivity index (χ4n) is 2.59. The smallest absolute Gasteiger partial charge is 0.257 e. The second kappa shape index (κ2) is 7.31. The normalized spacial score (nSPS) is 10.8. The first kappa shape index (κ1) is 17.5. The van der Waals surface area contributed by atoms with Crippen LogP contribution in [0.2, 0.25) is 0 Å². The Hall–Kier alpha value is -3.28. The van der Waals surface area contributed by atoms with Crippen molar-refractivity contribution in [2.75, 3.05) is 17.7 Å². The number of fused-ring (bicyclic) bond motifs is 1. The van der Waals surface area contributed by atoms with E-state index in [9.17, 15) is 9.59 Å². The zero-order valence-electron chi connectivity index (χ0n) is 14.9. The predicted octanol–water partition coefficient (Wildman–Crippen LogP) is 4.02. The Morgan fingerprint density at radius 2 is 1.81 bits per heavy atom. The number of methoxy groups -OCH3 is 1. The SMILES string of the molecule is COc1ccc(NC(=O)c2c[nH]c3ccccc23)c(NC(=O)C(C)C)c1. The van der Waals surface area contributed by atoms with Gasteiger partial charge in [0.25, 0.3) is 5.91 Å². The zero-order valence-corrected chi connectivity index (χ0v) is 14.9. The van der Waals surface area contributed by atoms with E-state index in [1.54, 1.807) is 45.4 Å². The van der Waals surface area contributed by atoms with Crippen LogP contribution in [0.1, 0.15) is 24.2 Å².